The first-order chi connectivity index (χ1) is 21.1. The Hall–Kier alpha value is -4.14. The van der Waals surface area contributed by atoms with Crippen LogP contribution in [0.4, 0.5) is 5.69 Å². The first-order valence-corrected chi connectivity index (χ1v) is 16.4. The van der Waals surface area contributed by atoms with Gasteiger partial charge in [-0.15, -0.1) is 0 Å². The van der Waals surface area contributed by atoms with Gasteiger partial charge in [-0.05, 0) is 55.7 Å². The third-order valence-electron chi connectivity index (χ3n) is 7.26. The molecule has 0 fully saturated rings. The van der Waals surface area contributed by atoms with Gasteiger partial charge in [0.2, 0.25) is 11.8 Å². The van der Waals surface area contributed by atoms with Gasteiger partial charge in [0, 0.05) is 19.5 Å². The molecular formula is C35H38ClN3O4S. The predicted octanol–water partition coefficient (Wildman–Crippen LogP) is 6.32. The summed E-state index contributed by atoms with van der Waals surface area (Å²) < 4.78 is 29.3. The fourth-order valence-electron chi connectivity index (χ4n) is 4.93. The van der Waals surface area contributed by atoms with E-state index in [9.17, 15) is 18.0 Å². The van der Waals surface area contributed by atoms with Crippen LogP contribution in [-0.4, -0.2) is 44.3 Å². The summed E-state index contributed by atoms with van der Waals surface area (Å²) in [5.41, 5.74) is 3.78. The molecule has 44 heavy (non-hydrogen) atoms. The first-order valence-electron chi connectivity index (χ1n) is 14.6. The Labute approximate surface area is 265 Å². The van der Waals surface area contributed by atoms with E-state index in [4.69, 9.17) is 11.6 Å². The Morgan fingerprint density at radius 3 is 2.14 bits per heavy atom. The third kappa shape index (κ3) is 8.27. The second-order valence-corrected chi connectivity index (χ2v) is 13.1. The van der Waals surface area contributed by atoms with Crippen molar-refractivity contribution in [1.29, 1.82) is 0 Å². The summed E-state index contributed by atoms with van der Waals surface area (Å²) in [5.74, 6) is -0.836. The average molecular weight is 632 g/mol. The maximum atomic E-state index is 14.5. The lowest BCUT2D eigenvalue weighted by molar-refractivity contribution is -0.140. The molecule has 0 heterocycles. The number of rotatable bonds is 13. The maximum absolute atomic E-state index is 14.5. The molecule has 0 aliphatic heterocycles. The molecule has 230 valence electrons. The second-order valence-electron chi connectivity index (χ2n) is 10.8. The zero-order chi connectivity index (χ0) is 31.7. The molecule has 0 saturated heterocycles. The summed E-state index contributed by atoms with van der Waals surface area (Å²) in [6.45, 7) is 5.78. The van der Waals surface area contributed by atoms with Gasteiger partial charge in [0.1, 0.15) is 12.6 Å². The first kappa shape index (κ1) is 32.8. The molecule has 7 nitrogen and oxygen atoms in total. The van der Waals surface area contributed by atoms with Crippen LogP contribution in [0.1, 0.15) is 35.6 Å². The average Bonchev–Trinajstić information content (AvgIpc) is 3.01. The Bertz CT molecular complexity index is 1680. The fraction of sp³-hybridized carbons (Fsp3) is 0.257. The lowest BCUT2D eigenvalue weighted by atomic mass is 10.0. The lowest BCUT2D eigenvalue weighted by Crippen LogP contribution is -2.53. The molecule has 1 N–H and O–H groups in total. The Balaban J connectivity index is 1.80. The lowest BCUT2D eigenvalue weighted by Gasteiger charge is -2.34. The highest BCUT2D eigenvalue weighted by Gasteiger charge is 2.35. The van der Waals surface area contributed by atoms with Crippen molar-refractivity contribution in [3.05, 3.63) is 130 Å². The quantitative estimate of drug-likeness (QED) is 0.187. The summed E-state index contributed by atoms with van der Waals surface area (Å²) in [6, 6.07) is 29.3. The van der Waals surface area contributed by atoms with Crippen LogP contribution in [0.15, 0.2) is 108 Å². The van der Waals surface area contributed by atoms with Crippen molar-refractivity contribution in [1.82, 2.24) is 10.2 Å². The van der Waals surface area contributed by atoms with E-state index in [0.29, 0.717) is 6.54 Å². The van der Waals surface area contributed by atoms with Crippen LogP contribution in [0.25, 0.3) is 0 Å². The van der Waals surface area contributed by atoms with Crippen molar-refractivity contribution >= 4 is 39.1 Å². The number of hydrogen-bond acceptors (Lipinski definition) is 4. The van der Waals surface area contributed by atoms with Crippen molar-refractivity contribution in [2.24, 2.45) is 0 Å². The molecule has 1 atom stereocenters. The minimum atomic E-state index is -4.22. The minimum absolute atomic E-state index is 0.0302. The highest BCUT2D eigenvalue weighted by Crippen LogP contribution is 2.31. The van der Waals surface area contributed by atoms with Gasteiger partial charge in [0.25, 0.3) is 10.0 Å². The molecular weight excluding hydrogens is 594 g/mol. The molecule has 4 aromatic carbocycles. The fourth-order valence-corrected chi connectivity index (χ4v) is 6.65. The Morgan fingerprint density at radius 1 is 0.818 bits per heavy atom. The van der Waals surface area contributed by atoms with E-state index in [0.717, 1.165) is 33.0 Å². The molecule has 0 radical (unpaired) electrons. The zero-order valence-electron chi connectivity index (χ0n) is 25.2. The van der Waals surface area contributed by atoms with Gasteiger partial charge in [-0.25, -0.2) is 8.42 Å². The van der Waals surface area contributed by atoms with Crippen molar-refractivity contribution in [3.63, 3.8) is 0 Å². The molecule has 0 aliphatic carbocycles. The molecule has 0 spiro atoms. The highest BCUT2D eigenvalue weighted by molar-refractivity contribution is 7.92. The summed E-state index contributed by atoms with van der Waals surface area (Å²) in [6.07, 6.45) is 0.982. The van der Waals surface area contributed by atoms with Crippen molar-refractivity contribution in [2.45, 2.75) is 51.1 Å². The number of carbonyl (C=O) groups is 2. The number of benzene rings is 4. The van der Waals surface area contributed by atoms with Crippen LogP contribution in [-0.2, 0) is 32.6 Å². The van der Waals surface area contributed by atoms with E-state index in [1.165, 1.54) is 17.0 Å². The molecule has 9 heteroatoms. The van der Waals surface area contributed by atoms with E-state index < -0.39 is 28.5 Å². The number of nitrogens with one attached hydrogen (secondary N) is 1. The van der Waals surface area contributed by atoms with Crippen LogP contribution in [0.2, 0.25) is 5.02 Å². The van der Waals surface area contributed by atoms with Crippen LogP contribution in [0.5, 0.6) is 0 Å². The molecule has 4 rings (SSSR count). The number of carbonyl (C=O) groups excluding carboxylic acids is 2. The number of amides is 2. The van der Waals surface area contributed by atoms with Gasteiger partial charge in [-0.1, -0.05) is 109 Å². The van der Waals surface area contributed by atoms with Crippen LogP contribution in [0.3, 0.4) is 0 Å². The number of anilines is 1. The number of hydrogen-bond donors (Lipinski definition) is 1. The minimum Gasteiger partial charge on any atom is -0.354 e. The van der Waals surface area contributed by atoms with E-state index in [1.54, 1.807) is 36.4 Å². The van der Waals surface area contributed by atoms with Crippen molar-refractivity contribution < 1.29 is 18.0 Å². The predicted molar refractivity (Wildman–Crippen MR) is 176 cm³/mol. The maximum Gasteiger partial charge on any atom is 0.264 e. The standard InChI is InChI=1S/C35H38ClN3O4S/c1-4-21-37-35(41)33(23-28-12-6-5-7-13-28)38(24-29-14-10-11-27(3)22-29)34(40)25-39(32-16-9-8-15-31(32)36)44(42,43)30-19-17-26(2)18-20-30/h5-20,22,33H,4,21,23-25H2,1-3H3,(H,37,41)/t33-/m0/s1. The smallest absolute Gasteiger partial charge is 0.264 e. The van der Waals surface area contributed by atoms with Gasteiger partial charge in [0.15, 0.2) is 0 Å². The molecule has 0 bridgehead atoms. The summed E-state index contributed by atoms with van der Waals surface area (Å²) in [5, 5.41) is 3.14. The van der Waals surface area contributed by atoms with Crippen LogP contribution in [0, 0.1) is 13.8 Å². The highest BCUT2D eigenvalue weighted by atomic mass is 35.5. The third-order valence-corrected chi connectivity index (χ3v) is 9.36. The molecule has 0 unspecified atom stereocenters. The molecule has 4 aromatic rings. The van der Waals surface area contributed by atoms with E-state index in [1.807, 2.05) is 75.4 Å². The molecule has 0 aromatic heterocycles. The molecule has 2 amide bonds. The normalized spacial score (nSPS) is 11.9. The van der Waals surface area contributed by atoms with E-state index in [2.05, 4.69) is 5.32 Å². The second kappa shape index (κ2) is 15.0. The molecule has 0 saturated carbocycles. The number of halogens is 1. The number of sulfonamides is 1. The van der Waals surface area contributed by atoms with Gasteiger partial charge in [-0.3, -0.25) is 13.9 Å². The summed E-state index contributed by atoms with van der Waals surface area (Å²) in [4.78, 5) is 29.7. The topological polar surface area (TPSA) is 86.8 Å². The van der Waals surface area contributed by atoms with Crippen LogP contribution >= 0.6 is 11.6 Å². The Kier molecular flexibility index (Phi) is 11.2. The van der Waals surface area contributed by atoms with Crippen LogP contribution < -0.4 is 9.62 Å². The zero-order valence-corrected chi connectivity index (χ0v) is 26.8. The van der Waals surface area contributed by atoms with E-state index in [-0.39, 0.29) is 34.5 Å². The van der Waals surface area contributed by atoms with Crippen molar-refractivity contribution in [3.8, 4) is 0 Å². The molecule has 0 aliphatic rings. The number of nitrogens with zero attached hydrogens (tertiary/aromatic N) is 2. The van der Waals surface area contributed by atoms with Gasteiger partial charge < -0.3 is 10.2 Å². The Morgan fingerprint density at radius 2 is 1.48 bits per heavy atom. The van der Waals surface area contributed by atoms with Crippen molar-refractivity contribution in [2.75, 3.05) is 17.4 Å². The van der Waals surface area contributed by atoms with Gasteiger partial charge in [0.05, 0.1) is 15.6 Å². The SMILES string of the molecule is CCCNC(=O)[C@H](Cc1ccccc1)N(Cc1cccc(C)c1)C(=O)CN(c1ccccc1Cl)S(=O)(=O)c1ccc(C)cc1. The summed E-state index contributed by atoms with van der Waals surface area (Å²) in [7, 11) is -4.22. The summed E-state index contributed by atoms with van der Waals surface area (Å²) >= 11 is 6.53. The van der Waals surface area contributed by atoms with E-state index >= 15 is 0 Å². The monoisotopic (exact) mass is 631 g/mol. The van der Waals surface area contributed by atoms with Gasteiger partial charge >= 0.3 is 0 Å². The number of para-hydroxylation sites is 1. The van der Waals surface area contributed by atoms with Gasteiger partial charge in [-0.2, -0.15) is 0 Å². The number of aryl methyl sites for hydroxylation is 2. The largest absolute Gasteiger partial charge is 0.354 e.